The molecule has 0 radical (unpaired) electrons. The molecule has 35 heavy (non-hydrogen) atoms. The quantitative estimate of drug-likeness (QED) is 0.579. The van der Waals surface area contributed by atoms with Gasteiger partial charge in [-0.3, -0.25) is 9.59 Å². The fourth-order valence-electron chi connectivity index (χ4n) is 3.79. The molecule has 1 saturated heterocycles. The lowest BCUT2D eigenvalue weighted by molar-refractivity contribution is -0.137. The number of aromatic nitrogens is 1. The van der Waals surface area contributed by atoms with Crippen molar-refractivity contribution in [2.75, 3.05) is 38.6 Å². The van der Waals surface area contributed by atoms with Crippen molar-refractivity contribution in [1.29, 1.82) is 0 Å². The van der Waals surface area contributed by atoms with Crippen LogP contribution in [0.2, 0.25) is 0 Å². The zero-order valence-electron chi connectivity index (χ0n) is 18.9. The van der Waals surface area contributed by atoms with E-state index >= 15 is 0 Å². The van der Waals surface area contributed by atoms with Gasteiger partial charge >= 0.3 is 6.18 Å². The number of halogens is 3. The third kappa shape index (κ3) is 5.53. The van der Waals surface area contributed by atoms with Crippen molar-refractivity contribution in [2.24, 2.45) is 0 Å². The van der Waals surface area contributed by atoms with Crippen molar-refractivity contribution >= 4 is 23.3 Å². The number of ether oxygens (including phenoxy) is 1. The summed E-state index contributed by atoms with van der Waals surface area (Å²) in [5, 5.41) is 2.83. The Bertz CT molecular complexity index is 1210. The van der Waals surface area contributed by atoms with E-state index < -0.39 is 11.7 Å². The summed E-state index contributed by atoms with van der Waals surface area (Å²) in [5.41, 5.74) is 0.136. The highest BCUT2D eigenvalue weighted by Crippen LogP contribution is 2.31. The van der Waals surface area contributed by atoms with Crippen molar-refractivity contribution in [2.45, 2.75) is 6.18 Å². The van der Waals surface area contributed by atoms with Gasteiger partial charge in [-0.2, -0.15) is 13.2 Å². The van der Waals surface area contributed by atoms with Crippen molar-refractivity contribution in [1.82, 2.24) is 14.8 Å². The number of methoxy groups -OCH3 is 1. The topological polar surface area (TPSA) is 74.8 Å². The molecule has 2 aromatic carbocycles. The highest BCUT2D eigenvalue weighted by molar-refractivity contribution is 6.00. The van der Waals surface area contributed by atoms with E-state index in [-0.39, 0.29) is 28.9 Å². The normalized spacial score (nSPS) is 13.9. The first-order valence-electron chi connectivity index (χ1n) is 10.9. The van der Waals surface area contributed by atoms with Gasteiger partial charge in [-0.15, -0.1) is 0 Å². The van der Waals surface area contributed by atoms with Crippen LogP contribution in [0.3, 0.4) is 0 Å². The van der Waals surface area contributed by atoms with E-state index in [1.54, 1.807) is 53.3 Å². The molecule has 3 aromatic rings. The van der Waals surface area contributed by atoms with E-state index in [1.165, 1.54) is 18.3 Å². The molecule has 1 aromatic heterocycles. The summed E-state index contributed by atoms with van der Waals surface area (Å²) < 4.78 is 44.3. The summed E-state index contributed by atoms with van der Waals surface area (Å²) >= 11 is 0. The van der Waals surface area contributed by atoms with Crippen LogP contribution in [0.5, 0.6) is 5.75 Å². The number of hydrogen-bond donors (Lipinski definition) is 1. The van der Waals surface area contributed by atoms with E-state index in [1.807, 2.05) is 0 Å². The minimum atomic E-state index is -4.48. The van der Waals surface area contributed by atoms with Gasteiger partial charge in [-0.25, -0.2) is 4.98 Å². The molecule has 0 unspecified atom stereocenters. The molecule has 4 rings (SSSR count). The average Bonchev–Trinajstić information content (AvgIpc) is 2.88. The molecule has 2 heterocycles. The molecule has 1 fully saturated rings. The highest BCUT2D eigenvalue weighted by Gasteiger charge is 2.31. The molecule has 10 heteroatoms. The number of pyridine rings is 1. The number of rotatable bonds is 5. The fraction of sp³-hybridized carbons (Fsp3) is 0.240. The predicted molar refractivity (Wildman–Crippen MR) is 124 cm³/mol. The Morgan fingerprint density at radius 1 is 0.914 bits per heavy atom. The van der Waals surface area contributed by atoms with Crippen LogP contribution in [-0.4, -0.2) is 59.9 Å². The molecule has 182 valence electrons. The maximum Gasteiger partial charge on any atom is 0.416 e. The average molecular weight is 484 g/mol. The Labute approximate surface area is 200 Å². The molecular formula is C25H23F3N4O3. The summed E-state index contributed by atoms with van der Waals surface area (Å²) in [6.07, 6.45) is -3.03. The van der Waals surface area contributed by atoms with Crippen LogP contribution in [0.15, 0.2) is 66.9 Å². The summed E-state index contributed by atoms with van der Waals surface area (Å²) in [6, 6.07) is 14.7. The van der Waals surface area contributed by atoms with Crippen molar-refractivity contribution < 1.29 is 27.5 Å². The van der Waals surface area contributed by atoms with Crippen LogP contribution in [0, 0.1) is 0 Å². The number of hydrogen-bond acceptors (Lipinski definition) is 5. The molecule has 0 saturated carbocycles. The molecule has 7 nitrogen and oxygen atoms in total. The third-order valence-corrected chi connectivity index (χ3v) is 5.68. The number of piperazine rings is 1. The second-order valence-corrected chi connectivity index (χ2v) is 7.92. The fourth-order valence-corrected chi connectivity index (χ4v) is 3.79. The third-order valence-electron chi connectivity index (χ3n) is 5.68. The lowest BCUT2D eigenvalue weighted by atomic mass is 10.1. The molecule has 1 aliphatic heterocycles. The monoisotopic (exact) mass is 484 g/mol. The SMILES string of the molecule is COc1ccc(C(=O)N2CCN(C(=O)c3cccnc3Nc3cccc(C(F)(F)F)c3)CC2)cc1. The van der Waals surface area contributed by atoms with Crippen molar-refractivity contribution in [3.8, 4) is 5.75 Å². The van der Waals surface area contributed by atoms with Gasteiger partial charge in [-0.1, -0.05) is 6.07 Å². The van der Waals surface area contributed by atoms with Crippen molar-refractivity contribution in [3.63, 3.8) is 0 Å². The van der Waals surface area contributed by atoms with Gasteiger partial charge in [0.2, 0.25) is 0 Å². The number of alkyl halides is 3. The summed E-state index contributed by atoms with van der Waals surface area (Å²) in [6.45, 7) is 1.34. The second-order valence-electron chi connectivity index (χ2n) is 7.92. The zero-order valence-corrected chi connectivity index (χ0v) is 18.9. The van der Waals surface area contributed by atoms with Gasteiger partial charge in [-0.05, 0) is 54.6 Å². The molecule has 2 amide bonds. The maximum absolute atomic E-state index is 13.2. The van der Waals surface area contributed by atoms with Gasteiger partial charge < -0.3 is 19.9 Å². The van der Waals surface area contributed by atoms with E-state index in [9.17, 15) is 22.8 Å². The Morgan fingerprint density at radius 2 is 1.57 bits per heavy atom. The smallest absolute Gasteiger partial charge is 0.416 e. The molecule has 0 atom stereocenters. The Balaban J connectivity index is 1.43. The maximum atomic E-state index is 13.2. The van der Waals surface area contributed by atoms with Gasteiger partial charge in [0.05, 0.1) is 18.2 Å². The minimum absolute atomic E-state index is 0.131. The van der Waals surface area contributed by atoms with Crippen LogP contribution in [0.4, 0.5) is 24.7 Å². The number of nitrogens with one attached hydrogen (secondary N) is 1. The van der Waals surface area contributed by atoms with Gasteiger partial charge in [0.1, 0.15) is 11.6 Å². The van der Waals surface area contributed by atoms with Gasteiger partial charge in [0.15, 0.2) is 0 Å². The minimum Gasteiger partial charge on any atom is -0.497 e. The largest absolute Gasteiger partial charge is 0.497 e. The molecule has 0 bridgehead atoms. The first-order valence-corrected chi connectivity index (χ1v) is 10.9. The lowest BCUT2D eigenvalue weighted by Crippen LogP contribution is -2.50. The van der Waals surface area contributed by atoms with E-state index in [2.05, 4.69) is 10.3 Å². The van der Waals surface area contributed by atoms with E-state index in [4.69, 9.17) is 4.74 Å². The molecule has 0 aliphatic carbocycles. The predicted octanol–water partition coefficient (Wildman–Crippen LogP) is 4.45. The van der Waals surface area contributed by atoms with Gasteiger partial charge in [0, 0.05) is 43.6 Å². The Morgan fingerprint density at radius 3 is 2.20 bits per heavy atom. The first kappa shape index (κ1) is 24.1. The van der Waals surface area contributed by atoms with Crippen LogP contribution in [0.1, 0.15) is 26.3 Å². The summed E-state index contributed by atoms with van der Waals surface area (Å²) in [5.74, 6) is 0.369. The summed E-state index contributed by atoms with van der Waals surface area (Å²) in [4.78, 5) is 33.4. The zero-order chi connectivity index (χ0) is 25.0. The molecule has 0 spiro atoms. The highest BCUT2D eigenvalue weighted by atomic mass is 19.4. The molecular weight excluding hydrogens is 461 g/mol. The van der Waals surface area contributed by atoms with Gasteiger partial charge in [0.25, 0.3) is 11.8 Å². The first-order chi connectivity index (χ1) is 16.8. The van der Waals surface area contributed by atoms with Crippen LogP contribution >= 0.6 is 0 Å². The number of carbonyl (C=O) groups excluding carboxylic acids is 2. The number of anilines is 2. The number of benzene rings is 2. The number of amides is 2. The molecule has 1 aliphatic rings. The lowest BCUT2D eigenvalue weighted by Gasteiger charge is -2.35. The Hall–Kier alpha value is -4.08. The van der Waals surface area contributed by atoms with Crippen LogP contribution < -0.4 is 10.1 Å². The second kappa shape index (κ2) is 10.0. The summed E-state index contributed by atoms with van der Waals surface area (Å²) in [7, 11) is 1.55. The number of carbonyl (C=O) groups is 2. The standard InChI is InChI=1S/C25H23F3N4O3/c1-35-20-9-7-17(8-10-20)23(33)31-12-14-32(15-13-31)24(34)21-6-3-11-29-22(21)30-19-5-2-4-18(16-19)25(26,27)28/h2-11,16H,12-15H2,1H3,(H,29,30). The van der Waals surface area contributed by atoms with Crippen LogP contribution in [-0.2, 0) is 6.18 Å². The number of nitrogens with zero attached hydrogens (tertiary/aromatic N) is 3. The Kier molecular flexibility index (Phi) is 6.90. The van der Waals surface area contributed by atoms with Crippen LogP contribution in [0.25, 0.3) is 0 Å². The van der Waals surface area contributed by atoms with E-state index in [0.29, 0.717) is 37.5 Å². The van der Waals surface area contributed by atoms with E-state index in [0.717, 1.165) is 12.1 Å². The van der Waals surface area contributed by atoms with Crippen molar-refractivity contribution in [3.05, 3.63) is 83.6 Å². The molecule has 1 N–H and O–H groups in total.